The van der Waals surface area contributed by atoms with E-state index < -0.39 is 0 Å². The van der Waals surface area contributed by atoms with Crippen LogP contribution in [0, 0.1) is 6.92 Å². The Bertz CT molecular complexity index is 482. The maximum atomic E-state index is 5.26. The molecular weight excluding hydrogens is 230 g/mol. The van der Waals surface area contributed by atoms with Crippen molar-refractivity contribution in [1.29, 1.82) is 0 Å². The minimum absolute atomic E-state index is 0.689. The van der Waals surface area contributed by atoms with Crippen LogP contribution in [0.3, 0.4) is 0 Å². The molecule has 1 heterocycles. The Balaban J connectivity index is 1.97. The SMILES string of the molecule is Cc1cccc(SCc2ccc(NN)nc2)c1. The molecule has 0 atom stereocenters. The topological polar surface area (TPSA) is 50.9 Å². The molecule has 2 aromatic rings. The molecule has 0 saturated heterocycles. The molecule has 2 rings (SSSR count). The predicted octanol–water partition coefficient (Wildman–Crippen LogP) is 2.97. The summed E-state index contributed by atoms with van der Waals surface area (Å²) in [7, 11) is 0. The molecule has 0 radical (unpaired) electrons. The lowest BCUT2D eigenvalue weighted by molar-refractivity contribution is 1.19. The molecule has 3 nitrogen and oxygen atoms in total. The number of hydrogen-bond donors (Lipinski definition) is 2. The largest absolute Gasteiger partial charge is 0.308 e. The van der Waals surface area contributed by atoms with Crippen molar-refractivity contribution in [1.82, 2.24) is 4.98 Å². The molecule has 0 amide bonds. The molecule has 0 aliphatic carbocycles. The second-order valence-corrected chi connectivity index (χ2v) is 4.85. The number of hydrazine groups is 1. The Labute approximate surface area is 105 Å². The van der Waals surface area contributed by atoms with Gasteiger partial charge in [-0.15, -0.1) is 11.8 Å². The standard InChI is InChI=1S/C13H15N3S/c1-10-3-2-4-12(7-10)17-9-11-5-6-13(16-14)15-8-11/h2-8H,9,14H2,1H3,(H,15,16). The van der Waals surface area contributed by atoms with Crippen LogP contribution in [0.4, 0.5) is 5.82 Å². The number of aryl methyl sites for hydroxylation is 1. The van der Waals surface area contributed by atoms with E-state index in [9.17, 15) is 0 Å². The van der Waals surface area contributed by atoms with Crippen molar-refractivity contribution < 1.29 is 0 Å². The minimum atomic E-state index is 0.689. The van der Waals surface area contributed by atoms with E-state index in [1.165, 1.54) is 16.0 Å². The number of hydrogen-bond acceptors (Lipinski definition) is 4. The summed E-state index contributed by atoms with van der Waals surface area (Å²) in [5, 5.41) is 0. The number of thioether (sulfide) groups is 1. The molecule has 1 aromatic heterocycles. The number of pyridine rings is 1. The molecule has 0 unspecified atom stereocenters. The van der Waals surface area contributed by atoms with Crippen LogP contribution in [0.2, 0.25) is 0 Å². The maximum absolute atomic E-state index is 5.26. The Kier molecular flexibility index (Phi) is 4.01. The van der Waals surface area contributed by atoms with Crippen molar-refractivity contribution >= 4 is 17.6 Å². The third kappa shape index (κ3) is 3.47. The number of nitrogens with one attached hydrogen (secondary N) is 1. The molecule has 0 spiro atoms. The highest BCUT2D eigenvalue weighted by Gasteiger charge is 1.98. The van der Waals surface area contributed by atoms with Crippen molar-refractivity contribution in [3.63, 3.8) is 0 Å². The predicted molar refractivity (Wildman–Crippen MR) is 72.8 cm³/mol. The summed E-state index contributed by atoms with van der Waals surface area (Å²) in [4.78, 5) is 5.46. The van der Waals surface area contributed by atoms with E-state index in [1.54, 1.807) is 0 Å². The van der Waals surface area contributed by atoms with Gasteiger partial charge in [0.2, 0.25) is 0 Å². The molecule has 0 aliphatic rings. The molecule has 0 bridgehead atoms. The molecule has 0 fully saturated rings. The highest BCUT2D eigenvalue weighted by molar-refractivity contribution is 7.98. The lowest BCUT2D eigenvalue weighted by atomic mass is 10.2. The van der Waals surface area contributed by atoms with Crippen molar-refractivity contribution in [2.45, 2.75) is 17.6 Å². The zero-order valence-corrected chi connectivity index (χ0v) is 10.5. The van der Waals surface area contributed by atoms with Crippen LogP contribution in [0.5, 0.6) is 0 Å². The van der Waals surface area contributed by atoms with Gasteiger partial charge in [0.05, 0.1) is 0 Å². The van der Waals surface area contributed by atoms with E-state index >= 15 is 0 Å². The van der Waals surface area contributed by atoms with Gasteiger partial charge in [0.15, 0.2) is 0 Å². The fraction of sp³-hybridized carbons (Fsp3) is 0.154. The number of anilines is 1. The van der Waals surface area contributed by atoms with Gasteiger partial charge >= 0.3 is 0 Å². The molecule has 88 valence electrons. The second kappa shape index (κ2) is 5.70. The van der Waals surface area contributed by atoms with E-state index in [-0.39, 0.29) is 0 Å². The second-order valence-electron chi connectivity index (χ2n) is 3.80. The molecule has 0 aliphatic heterocycles. The van der Waals surface area contributed by atoms with Crippen LogP contribution in [0.25, 0.3) is 0 Å². The summed E-state index contributed by atoms with van der Waals surface area (Å²) < 4.78 is 0. The summed E-state index contributed by atoms with van der Waals surface area (Å²) in [5.41, 5.74) is 5.00. The maximum Gasteiger partial charge on any atom is 0.139 e. The normalized spacial score (nSPS) is 10.2. The highest BCUT2D eigenvalue weighted by Crippen LogP contribution is 2.23. The Hall–Kier alpha value is -1.52. The van der Waals surface area contributed by atoms with E-state index in [4.69, 9.17) is 5.84 Å². The Morgan fingerprint density at radius 2 is 2.18 bits per heavy atom. The van der Waals surface area contributed by atoms with E-state index in [2.05, 4.69) is 41.6 Å². The monoisotopic (exact) mass is 245 g/mol. The third-order valence-corrected chi connectivity index (χ3v) is 3.43. The van der Waals surface area contributed by atoms with Gasteiger partial charge in [-0.05, 0) is 30.7 Å². The van der Waals surface area contributed by atoms with Crippen LogP contribution < -0.4 is 11.3 Å². The van der Waals surface area contributed by atoms with E-state index in [0.717, 1.165) is 5.75 Å². The first kappa shape index (κ1) is 12.0. The highest BCUT2D eigenvalue weighted by atomic mass is 32.2. The van der Waals surface area contributed by atoms with Crippen LogP contribution in [0.15, 0.2) is 47.5 Å². The summed E-state index contributed by atoms with van der Waals surface area (Å²) >= 11 is 1.81. The number of nitrogens with two attached hydrogens (primary N) is 1. The smallest absolute Gasteiger partial charge is 0.139 e. The van der Waals surface area contributed by atoms with Gasteiger partial charge in [-0.1, -0.05) is 23.8 Å². The zero-order chi connectivity index (χ0) is 12.1. The molecule has 4 heteroatoms. The van der Waals surface area contributed by atoms with Crippen molar-refractivity contribution in [2.24, 2.45) is 5.84 Å². The average Bonchev–Trinajstić information content (AvgIpc) is 2.37. The molecule has 1 aromatic carbocycles. The average molecular weight is 245 g/mol. The molecular formula is C13H15N3S. The van der Waals surface area contributed by atoms with E-state index in [0.29, 0.717) is 5.82 Å². The number of benzene rings is 1. The number of rotatable bonds is 4. The lowest BCUT2D eigenvalue weighted by Gasteiger charge is -2.04. The van der Waals surface area contributed by atoms with E-state index in [1.807, 2.05) is 30.1 Å². The number of nitrogen functional groups attached to an aromatic ring is 1. The lowest BCUT2D eigenvalue weighted by Crippen LogP contribution is -2.08. The molecule has 0 saturated carbocycles. The fourth-order valence-corrected chi connectivity index (χ4v) is 2.42. The van der Waals surface area contributed by atoms with Crippen molar-refractivity contribution in [3.8, 4) is 0 Å². The molecule has 3 N–H and O–H groups in total. The van der Waals surface area contributed by atoms with Gasteiger partial charge in [0.25, 0.3) is 0 Å². The Morgan fingerprint density at radius 1 is 1.29 bits per heavy atom. The first-order valence-corrected chi connectivity index (χ1v) is 6.37. The van der Waals surface area contributed by atoms with Crippen molar-refractivity contribution in [2.75, 3.05) is 5.43 Å². The Morgan fingerprint density at radius 3 is 2.82 bits per heavy atom. The van der Waals surface area contributed by atoms with Gasteiger partial charge in [-0.2, -0.15) is 0 Å². The van der Waals surface area contributed by atoms with Gasteiger partial charge in [-0.25, -0.2) is 10.8 Å². The fourth-order valence-electron chi connectivity index (χ4n) is 1.47. The van der Waals surface area contributed by atoms with Gasteiger partial charge < -0.3 is 5.43 Å². The quantitative estimate of drug-likeness (QED) is 0.494. The zero-order valence-electron chi connectivity index (χ0n) is 9.68. The van der Waals surface area contributed by atoms with Crippen LogP contribution in [0.1, 0.15) is 11.1 Å². The summed E-state index contributed by atoms with van der Waals surface area (Å²) in [6.07, 6.45) is 1.85. The first-order chi connectivity index (χ1) is 8.28. The summed E-state index contributed by atoms with van der Waals surface area (Å²) in [5.74, 6) is 6.87. The number of nitrogens with zero attached hydrogens (tertiary/aromatic N) is 1. The first-order valence-electron chi connectivity index (χ1n) is 5.39. The minimum Gasteiger partial charge on any atom is -0.308 e. The van der Waals surface area contributed by atoms with Crippen LogP contribution in [-0.4, -0.2) is 4.98 Å². The van der Waals surface area contributed by atoms with Gasteiger partial charge in [0, 0.05) is 16.8 Å². The van der Waals surface area contributed by atoms with Gasteiger partial charge in [-0.3, -0.25) is 0 Å². The van der Waals surface area contributed by atoms with Gasteiger partial charge in [0.1, 0.15) is 5.82 Å². The summed E-state index contributed by atoms with van der Waals surface area (Å²) in [6, 6.07) is 12.4. The summed E-state index contributed by atoms with van der Waals surface area (Å²) in [6.45, 7) is 2.10. The third-order valence-electron chi connectivity index (χ3n) is 2.37. The molecule has 17 heavy (non-hydrogen) atoms. The van der Waals surface area contributed by atoms with Crippen LogP contribution >= 0.6 is 11.8 Å². The van der Waals surface area contributed by atoms with Crippen molar-refractivity contribution in [3.05, 3.63) is 53.7 Å². The van der Waals surface area contributed by atoms with Crippen LogP contribution in [-0.2, 0) is 5.75 Å². The number of aromatic nitrogens is 1.